The van der Waals surface area contributed by atoms with Crippen molar-refractivity contribution in [2.45, 2.75) is 58.8 Å². The summed E-state index contributed by atoms with van der Waals surface area (Å²) in [6.07, 6.45) is 8.53. The lowest BCUT2D eigenvalue weighted by Crippen LogP contribution is -2.17. The van der Waals surface area contributed by atoms with Gasteiger partial charge in [-0.3, -0.25) is 9.59 Å². The predicted molar refractivity (Wildman–Crippen MR) is 139 cm³/mol. The standard InChI is InChI=1S/C27H36N4O4/c1-3-34-24-16-12-22(13-17-24)20-28-30-26(32)10-8-6-5-7-9-11-27(33)31-29-21-23-14-18-25(19-15-23)35-4-2/h12-21H,3-11H2,1-2H3,(H,30,32)(H,31,33). The lowest BCUT2D eigenvalue weighted by molar-refractivity contribution is -0.121. The van der Waals surface area contributed by atoms with Gasteiger partial charge in [-0.25, -0.2) is 10.9 Å². The van der Waals surface area contributed by atoms with Gasteiger partial charge in [0.2, 0.25) is 11.8 Å². The highest BCUT2D eigenvalue weighted by Gasteiger charge is 2.02. The fraction of sp³-hybridized carbons (Fsp3) is 0.407. The SMILES string of the molecule is CCOc1ccc(C=NNC(=O)CCCCCCCC(=O)NN=Cc2ccc(OCC)cc2)cc1. The Morgan fingerprint density at radius 1 is 0.657 bits per heavy atom. The third-order valence-corrected chi connectivity index (χ3v) is 5.00. The summed E-state index contributed by atoms with van der Waals surface area (Å²) in [6.45, 7) is 5.13. The van der Waals surface area contributed by atoms with Gasteiger partial charge in [0.1, 0.15) is 11.5 Å². The summed E-state index contributed by atoms with van der Waals surface area (Å²) in [5.74, 6) is 1.42. The van der Waals surface area contributed by atoms with E-state index in [9.17, 15) is 9.59 Å². The third-order valence-electron chi connectivity index (χ3n) is 5.00. The third kappa shape index (κ3) is 12.4. The van der Waals surface area contributed by atoms with Crippen molar-refractivity contribution in [3.8, 4) is 11.5 Å². The van der Waals surface area contributed by atoms with Crippen LogP contribution < -0.4 is 20.3 Å². The Labute approximate surface area is 207 Å². The Hall–Kier alpha value is -3.68. The van der Waals surface area contributed by atoms with Crippen LogP contribution in [0.1, 0.15) is 69.9 Å². The van der Waals surface area contributed by atoms with Gasteiger partial charge in [0.25, 0.3) is 0 Å². The number of rotatable bonds is 16. The predicted octanol–water partition coefficient (Wildman–Crippen LogP) is 4.82. The van der Waals surface area contributed by atoms with Gasteiger partial charge in [-0.2, -0.15) is 10.2 Å². The molecule has 2 N–H and O–H groups in total. The maximum absolute atomic E-state index is 11.9. The lowest BCUT2D eigenvalue weighted by atomic mass is 10.1. The Morgan fingerprint density at radius 3 is 1.40 bits per heavy atom. The number of hydrogen-bond acceptors (Lipinski definition) is 6. The molecular formula is C27H36N4O4. The molecule has 2 rings (SSSR count). The minimum absolute atomic E-state index is 0.100. The summed E-state index contributed by atoms with van der Waals surface area (Å²) < 4.78 is 10.8. The minimum Gasteiger partial charge on any atom is -0.494 e. The Kier molecular flexibility index (Phi) is 13.3. The number of amides is 2. The molecule has 0 heterocycles. The van der Waals surface area contributed by atoms with Crippen molar-refractivity contribution in [1.82, 2.24) is 10.9 Å². The molecule has 8 heteroatoms. The Bertz CT molecular complexity index is 863. The molecule has 0 aromatic heterocycles. The maximum atomic E-state index is 11.9. The molecule has 2 aromatic carbocycles. The second-order valence-electron chi connectivity index (χ2n) is 7.86. The Balaban J connectivity index is 1.48. The van der Waals surface area contributed by atoms with Crippen LogP contribution in [0.2, 0.25) is 0 Å². The van der Waals surface area contributed by atoms with Crippen LogP contribution in [-0.4, -0.2) is 37.5 Å². The van der Waals surface area contributed by atoms with Gasteiger partial charge in [-0.15, -0.1) is 0 Å². The normalized spacial score (nSPS) is 11.0. The first kappa shape index (κ1) is 27.6. The minimum atomic E-state index is -0.100. The largest absolute Gasteiger partial charge is 0.494 e. The molecule has 188 valence electrons. The van der Waals surface area contributed by atoms with E-state index < -0.39 is 0 Å². The van der Waals surface area contributed by atoms with Crippen molar-refractivity contribution < 1.29 is 19.1 Å². The quantitative estimate of drug-likeness (QED) is 0.204. The van der Waals surface area contributed by atoms with Crippen molar-refractivity contribution in [2.24, 2.45) is 10.2 Å². The number of carbonyl (C=O) groups excluding carboxylic acids is 2. The fourth-order valence-electron chi connectivity index (χ4n) is 3.20. The second-order valence-corrected chi connectivity index (χ2v) is 7.86. The number of ether oxygens (including phenoxy) is 2. The number of hydrazone groups is 2. The van der Waals surface area contributed by atoms with E-state index in [0.29, 0.717) is 26.1 Å². The van der Waals surface area contributed by atoms with E-state index in [-0.39, 0.29) is 11.8 Å². The van der Waals surface area contributed by atoms with Crippen LogP contribution in [-0.2, 0) is 9.59 Å². The van der Waals surface area contributed by atoms with Crippen LogP contribution >= 0.6 is 0 Å². The number of benzene rings is 2. The van der Waals surface area contributed by atoms with Gasteiger partial charge in [0.05, 0.1) is 25.6 Å². The van der Waals surface area contributed by atoms with Crippen LogP contribution in [0, 0.1) is 0 Å². The average molecular weight is 481 g/mol. The molecule has 0 aliphatic heterocycles. The average Bonchev–Trinajstić information content (AvgIpc) is 2.86. The number of nitrogens with zero attached hydrogens (tertiary/aromatic N) is 2. The van der Waals surface area contributed by atoms with E-state index in [1.54, 1.807) is 12.4 Å². The van der Waals surface area contributed by atoms with Crippen molar-refractivity contribution >= 4 is 24.2 Å². The van der Waals surface area contributed by atoms with Crippen molar-refractivity contribution in [3.05, 3.63) is 59.7 Å². The first-order chi connectivity index (χ1) is 17.1. The monoisotopic (exact) mass is 480 g/mol. The van der Waals surface area contributed by atoms with Crippen LogP contribution in [0.4, 0.5) is 0 Å². The summed E-state index contributed by atoms with van der Waals surface area (Å²) in [5, 5.41) is 7.99. The van der Waals surface area contributed by atoms with Gasteiger partial charge in [0.15, 0.2) is 0 Å². The molecule has 0 unspecified atom stereocenters. The van der Waals surface area contributed by atoms with Crippen LogP contribution in [0.15, 0.2) is 58.7 Å². The molecule has 2 aromatic rings. The lowest BCUT2D eigenvalue weighted by Gasteiger charge is -2.03. The zero-order chi connectivity index (χ0) is 25.1. The molecule has 0 saturated carbocycles. The van der Waals surface area contributed by atoms with E-state index >= 15 is 0 Å². The highest BCUT2D eigenvalue weighted by atomic mass is 16.5. The smallest absolute Gasteiger partial charge is 0.240 e. The molecule has 35 heavy (non-hydrogen) atoms. The van der Waals surface area contributed by atoms with Crippen molar-refractivity contribution in [1.29, 1.82) is 0 Å². The van der Waals surface area contributed by atoms with E-state index in [2.05, 4.69) is 21.1 Å². The van der Waals surface area contributed by atoms with Crippen LogP contribution in [0.25, 0.3) is 0 Å². The molecule has 0 spiro atoms. The highest BCUT2D eigenvalue weighted by molar-refractivity contribution is 5.83. The summed E-state index contributed by atoms with van der Waals surface area (Å²) in [7, 11) is 0. The number of unbranched alkanes of at least 4 members (excludes halogenated alkanes) is 4. The molecule has 2 amide bonds. The first-order valence-electron chi connectivity index (χ1n) is 12.2. The highest BCUT2D eigenvalue weighted by Crippen LogP contribution is 2.12. The van der Waals surface area contributed by atoms with Gasteiger partial charge in [0, 0.05) is 12.8 Å². The molecular weight excluding hydrogens is 444 g/mol. The number of carbonyl (C=O) groups is 2. The number of nitrogens with one attached hydrogen (secondary N) is 2. The summed E-state index contributed by atoms with van der Waals surface area (Å²) in [6, 6.07) is 15.0. The first-order valence-corrected chi connectivity index (χ1v) is 12.2. The topological polar surface area (TPSA) is 101 Å². The summed E-state index contributed by atoms with van der Waals surface area (Å²) >= 11 is 0. The molecule has 0 saturated heterocycles. The van der Waals surface area contributed by atoms with Crippen LogP contribution in [0.3, 0.4) is 0 Å². The van der Waals surface area contributed by atoms with Gasteiger partial charge < -0.3 is 9.47 Å². The number of hydrogen-bond donors (Lipinski definition) is 2. The maximum Gasteiger partial charge on any atom is 0.240 e. The summed E-state index contributed by atoms with van der Waals surface area (Å²) in [4.78, 5) is 23.8. The van der Waals surface area contributed by atoms with E-state index in [0.717, 1.165) is 54.7 Å². The second kappa shape index (κ2) is 16.9. The molecule has 0 radical (unpaired) electrons. The Morgan fingerprint density at radius 2 is 1.03 bits per heavy atom. The zero-order valence-electron chi connectivity index (χ0n) is 20.7. The molecule has 0 atom stereocenters. The molecule has 0 aliphatic rings. The molecule has 0 fully saturated rings. The van der Waals surface area contributed by atoms with E-state index in [4.69, 9.17) is 9.47 Å². The van der Waals surface area contributed by atoms with Gasteiger partial charge in [-0.1, -0.05) is 19.3 Å². The van der Waals surface area contributed by atoms with E-state index in [1.807, 2.05) is 62.4 Å². The molecule has 0 bridgehead atoms. The molecule has 0 aliphatic carbocycles. The summed E-state index contributed by atoms with van der Waals surface area (Å²) in [5.41, 5.74) is 6.89. The van der Waals surface area contributed by atoms with Crippen molar-refractivity contribution in [2.75, 3.05) is 13.2 Å². The van der Waals surface area contributed by atoms with E-state index in [1.165, 1.54) is 0 Å². The van der Waals surface area contributed by atoms with Crippen molar-refractivity contribution in [3.63, 3.8) is 0 Å². The fourth-order valence-corrected chi connectivity index (χ4v) is 3.20. The van der Waals surface area contributed by atoms with Gasteiger partial charge >= 0.3 is 0 Å². The van der Waals surface area contributed by atoms with Gasteiger partial charge in [-0.05, 0) is 86.3 Å². The van der Waals surface area contributed by atoms with Crippen LogP contribution in [0.5, 0.6) is 11.5 Å². The zero-order valence-corrected chi connectivity index (χ0v) is 20.7. The molecule has 8 nitrogen and oxygen atoms in total.